The molecule has 1 amide bonds. The van der Waals surface area contributed by atoms with E-state index in [1.54, 1.807) is 0 Å². The molecule has 31 heavy (non-hydrogen) atoms. The second-order valence-corrected chi connectivity index (χ2v) is 10.1. The summed E-state index contributed by atoms with van der Waals surface area (Å²) < 4.78 is 5.99. The number of carbonyl (C=O) groups is 1. The maximum Gasteiger partial charge on any atom is 0.227 e. The highest BCUT2D eigenvalue weighted by molar-refractivity contribution is 6.29. The summed E-state index contributed by atoms with van der Waals surface area (Å²) in [4.78, 5) is 20.5. The second-order valence-electron chi connectivity index (χ2n) is 9.71. The van der Waals surface area contributed by atoms with E-state index in [0.29, 0.717) is 11.1 Å². The van der Waals surface area contributed by atoms with Crippen LogP contribution in [-0.2, 0) is 22.0 Å². The molecule has 2 saturated heterocycles. The molecule has 2 unspecified atom stereocenters. The fourth-order valence-corrected chi connectivity index (χ4v) is 6.73. The largest absolute Gasteiger partial charge is 0.492 e. The van der Waals surface area contributed by atoms with Crippen molar-refractivity contribution in [1.82, 2.24) is 15.2 Å². The number of aromatic nitrogens is 1. The van der Waals surface area contributed by atoms with Crippen molar-refractivity contribution in [1.29, 1.82) is 0 Å². The van der Waals surface area contributed by atoms with Crippen LogP contribution < -0.4 is 10.1 Å². The molecule has 1 aromatic heterocycles. The van der Waals surface area contributed by atoms with Gasteiger partial charge in [-0.2, -0.15) is 0 Å². The monoisotopic (exact) mass is 437 g/mol. The van der Waals surface area contributed by atoms with Gasteiger partial charge in [0.05, 0.1) is 12.5 Å². The molecule has 2 spiro atoms. The number of benzene rings is 1. The predicted molar refractivity (Wildman–Crippen MR) is 120 cm³/mol. The van der Waals surface area contributed by atoms with Gasteiger partial charge in [-0.15, -0.1) is 0 Å². The van der Waals surface area contributed by atoms with Crippen LogP contribution in [0.15, 0.2) is 36.4 Å². The number of rotatable bonds is 1. The SMILES string of the molecule is O=C(C1CNCC12CCCc1nc(Cl)ccc12)N1CCC2(CC1)COc1ccccc12. The minimum Gasteiger partial charge on any atom is -0.492 e. The zero-order chi connectivity index (χ0) is 21.1. The van der Waals surface area contributed by atoms with Gasteiger partial charge in [0.25, 0.3) is 0 Å². The zero-order valence-corrected chi connectivity index (χ0v) is 18.5. The number of hydrogen-bond acceptors (Lipinski definition) is 4. The first-order valence-electron chi connectivity index (χ1n) is 11.5. The van der Waals surface area contributed by atoms with Gasteiger partial charge in [0, 0.05) is 48.3 Å². The molecule has 1 N–H and O–H groups in total. The van der Waals surface area contributed by atoms with E-state index in [-0.39, 0.29) is 16.7 Å². The summed E-state index contributed by atoms with van der Waals surface area (Å²) in [5.74, 6) is 1.29. The van der Waals surface area contributed by atoms with Crippen LogP contribution in [0.1, 0.15) is 42.5 Å². The van der Waals surface area contributed by atoms with Crippen LogP contribution in [0.2, 0.25) is 5.15 Å². The Morgan fingerprint density at radius 2 is 1.97 bits per heavy atom. The summed E-state index contributed by atoms with van der Waals surface area (Å²) in [6.07, 6.45) is 4.98. The molecule has 2 fully saturated rings. The van der Waals surface area contributed by atoms with Crippen molar-refractivity contribution in [3.63, 3.8) is 0 Å². The molecule has 4 heterocycles. The predicted octanol–water partition coefficient (Wildman–Crippen LogP) is 3.48. The number of amides is 1. The summed E-state index contributed by atoms with van der Waals surface area (Å²) in [5.41, 5.74) is 3.55. The van der Waals surface area contributed by atoms with Crippen molar-refractivity contribution in [3.8, 4) is 5.75 Å². The molecule has 3 aliphatic heterocycles. The number of hydrogen-bond donors (Lipinski definition) is 1. The normalized spacial score (nSPS) is 28.4. The van der Waals surface area contributed by atoms with Crippen LogP contribution in [-0.4, -0.2) is 48.6 Å². The Kier molecular flexibility index (Phi) is 4.55. The summed E-state index contributed by atoms with van der Waals surface area (Å²) in [7, 11) is 0. The molecule has 6 heteroatoms. The molecule has 0 bridgehead atoms. The molecule has 1 aliphatic carbocycles. The molecule has 0 saturated carbocycles. The van der Waals surface area contributed by atoms with Gasteiger partial charge in [0.15, 0.2) is 0 Å². The first-order chi connectivity index (χ1) is 15.1. The zero-order valence-electron chi connectivity index (χ0n) is 17.7. The van der Waals surface area contributed by atoms with E-state index in [4.69, 9.17) is 16.3 Å². The molecule has 1 aromatic carbocycles. The topological polar surface area (TPSA) is 54.5 Å². The third-order valence-corrected chi connectivity index (χ3v) is 8.47. The van der Waals surface area contributed by atoms with Crippen molar-refractivity contribution in [3.05, 3.63) is 58.4 Å². The first-order valence-corrected chi connectivity index (χ1v) is 11.9. The van der Waals surface area contributed by atoms with Crippen molar-refractivity contribution < 1.29 is 9.53 Å². The lowest BCUT2D eigenvalue weighted by atomic mass is 9.65. The molecular weight excluding hydrogens is 410 g/mol. The molecule has 162 valence electrons. The van der Waals surface area contributed by atoms with E-state index in [1.807, 2.05) is 12.1 Å². The molecular formula is C25H28ClN3O2. The smallest absolute Gasteiger partial charge is 0.227 e. The van der Waals surface area contributed by atoms with Gasteiger partial charge in [-0.1, -0.05) is 35.9 Å². The molecule has 5 nitrogen and oxygen atoms in total. The van der Waals surface area contributed by atoms with Crippen LogP contribution in [0.25, 0.3) is 0 Å². The van der Waals surface area contributed by atoms with Gasteiger partial charge in [-0.3, -0.25) is 4.79 Å². The van der Waals surface area contributed by atoms with Gasteiger partial charge in [-0.25, -0.2) is 4.98 Å². The average molecular weight is 438 g/mol. The lowest BCUT2D eigenvalue weighted by Gasteiger charge is -2.43. The number of pyridine rings is 1. The minimum absolute atomic E-state index is 0.0318. The third kappa shape index (κ3) is 2.93. The molecule has 6 rings (SSSR count). The van der Waals surface area contributed by atoms with Crippen molar-refractivity contribution in [2.75, 3.05) is 32.8 Å². The third-order valence-electron chi connectivity index (χ3n) is 8.26. The molecule has 4 aliphatic rings. The van der Waals surface area contributed by atoms with E-state index in [1.165, 1.54) is 11.1 Å². The Balaban J connectivity index is 1.24. The van der Waals surface area contributed by atoms with Crippen molar-refractivity contribution in [2.45, 2.75) is 42.9 Å². The van der Waals surface area contributed by atoms with Gasteiger partial charge >= 0.3 is 0 Å². The van der Waals surface area contributed by atoms with Crippen LogP contribution in [0.5, 0.6) is 5.75 Å². The van der Waals surface area contributed by atoms with Crippen LogP contribution in [0.4, 0.5) is 0 Å². The Morgan fingerprint density at radius 3 is 2.84 bits per heavy atom. The van der Waals surface area contributed by atoms with E-state index >= 15 is 0 Å². The van der Waals surface area contributed by atoms with Gasteiger partial charge in [0.1, 0.15) is 10.9 Å². The second kappa shape index (κ2) is 7.21. The first kappa shape index (κ1) is 19.6. The van der Waals surface area contributed by atoms with E-state index in [2.05, 4.69) is 39.5 Å². The highest BCUT2D eigenvalue weighted by Gasteiger charge is 2.52. The number of nitrogens with one attached hydrogen (secondary N) is 1. The van der Waals surface area contributed by atoms with Gasteiger partial charge in [-0.05, 0) is 49.8 Å². The van der Waals surface area contributed by atoms with Crippen molar-refractivity contribution >= 4 is 17.5 Å². The maximum atomic E-state index is 13.8. The summed E-state index contributed by atoms with van der Waals surface area (Å²) in [5, 5.41) is 4.09. The van der Waals surface area contributed by atoms with Crippen molar-refractivity contribution in [2.24, 2.45) is 5.92 Å². The molecule has 0 radical (unpaired) electrons. The Hall–Kier alpha value is -2.11. The number of halogens is 1. The number of likely N-dealkylation sites (tertiary alicyclic amines) is 1. The Bertz CT molecular complexity index is 1030. The van der Waals surface area contributed by atoms with Crippen LogP contribution in [0.3, 0.4) is 0 Å². The van der Waals surface area contributed by atoms with E-state index in [0.717, 1.165) is 76.3 Å². The van der Waals surface area contributed by atoms with Gasteiger partial charge < -0.3 is 15.0 Å². The number of para-hydroxylation sites is 1. The number of piperidine rings is 1. The highest BCUT2D eigenvalue weighted by atomic mass is 35.5. The maximum absolute atomic E-state index is 13.8. The molecule has 2 atom stereocenters. The highest BCUT2D eigenvalue weighted by Crippen LogP contribution is 2.48. The number of ether oxygens (including phenoxy) is 1. The average Bonchev–Trinajstić information content (AvgIpc) is 3.37. The number of carbonyl (C=O) groups excluding carboxylic acids is 1. The summed E-state index contributed by atoms with van der Waals surface area (Å²) in [6.45, 7) is 3.93. The summed E-state index contributed by atoms with van der Waals surface area (Å²) >= 11 is 6.18. The fraction of sp³-hybridized carbons (Fsp3) is 0.520. The van der Waals surface area contributed by atoms with Gasteiger partial charge in [0.2, 0.25) is 5.91 Å². The minimum atomic E-state index is -0.152. The standard InChI is InChI=1S/C25H28ClN3O2/c26-22-8-7-17-20(28-22)5-3-9-25(17)15-27-14-19(25)23(30)29-12-10-24(11-13-29)16-31-21-6-2-1-4-18(21)24/h1-2,4,6-8,19,27H,3,5,9-16H2. The summed E-state index contributed by atoms with van der Waals surface area (Å²) in [6, 6.07) is 12.4. The fourth-order valence-electron chi connectivity index (χ4n) is 6.57. The number of nitrogens with zero attached hydrogens (tertiary/aromatic N) is 2. The Morgan fingerprint density at radius 1 is 1.13 bits per heavy atom. The molecule has 2 aromatic rings. The lowest BCUT2D eigenvalue weighted by Crippen LogP contribution is -2.52. The lowest BCUT2D eigenvalue weighted by molar-refractivity contribution is -0.138. The van der Waals surface area contributed by atoms with E-state index in [9.17, 15) is 4.79 Å². The quantitative estimate of drug-likeness (QED) is 0.694. The van der Waals surface area contributed by atoms with Crippen LogP contribution in [0, 0.1) is 5.92 Å². The number of fused-ring (bicyclic) bond motifs is 4. The Labute approximate surface area is 188 Å². The van der Waals surface area contributed by atoms with E-state index < -0.39 is 0 Å². The van der Waals surface area contributed by atoms with Crippen LogP contribution >= 0.6 is 11.6 Å². The number of aryl methyl sites for hydroxylation is 1.